The van der Waals surface area contributed by atoms with E-state index in [1.54, 1.807) is 18.0 Å². The maximum Gasteiger partial charge on any atom is 0.203 e. The van der Waals surface area contributed by atoms with E-state index in [4.69, 9.17) is 0 Å². The van der Waals surface area contributed by atoms with Gasteiger partial charge in [-0.2, -0.15) is 0 Å². The third kappa shape index (κ3) is 3.36. The molecular formula is C17H18FN5S. The number of nitrogens with one attached hydrogen (secondary N) is 1. The summed E-state index contributed by atoms with van der Waals surface area (Å²) in [6, 6.07) is 6.61. The Labute approximate surface area is 143 Å². The Bertz CT molecular complexity index is 829. The minimum atomic E-state index is -0.195. The smallest absolute Gasteiger partial charge is 0.203 e. The largest absolute Gasteiger partial charge is 0.367 e. The molecule has 1 saturated carbocycles. The average molecular weight is 343 g/mol. The fraction of sp³-hybridized carbons (Fsp3) is 0.353. The summed E-state index contributed by atoms with van der Waals surface area (Å²) in [5.41, 5.74) is 0.797. The van der Waals surface area contributed by atoms with Gasteiger partial charge in [0.1, 0.15) is 11.6 Å². The van der Waals surface area contributed by atoms with E-state index in [1.807, 2.05) is 22.7 Å². The second-order valence-corrected chi connectivity index (χ2v) is 7.05. The van der Waals surface area contributed by atoms with Gasteiger partial charge in [0.05, 0.1) is 0 Å². The zero-order valence-electron chi connectivity index (χ0n) is 13.2. The predicted molar refractivity (Wildman–Crippen MR) is 93.0 cm³/mol. The summed E-state index contributed by atoms with van der Waals surface area (Å²) in [6.45, 7) is 0.812. The van der Waals surface area contributed by atoms with Crippen molar-refractivity contribution in [1.29, 1.82) is 0 Å². The minimum absolute atomic E-state index is 0.195. The van der Waals surface area contributed by atoms with E-state index in [9.17, 15) is 4.39 Å². The number of thioether (sulfide) groups is 1. The highest BCUT2D eigenvalue weighted by atomic mass is 32.2. The fourth-order valence-corrected chi connectivity index (χ4v) is 3.44. The quantitative estimate of drug-likeness (QED) is 0.523. The Morgan fingerprint density at radius 2 is 2.04 bits per heavy atom. The zero-order chi connectivity index (χ0) is 16.4. The van der Waals surface area contributed by atoms with E-state index >= 15 is 0 Å². The van der Waals surface area contributed by atoms with E-state index in [0.29, 0.717) is 5.92 Å². The lowest BCUT2D eigenvalue weighted by atomic mass is 10.4. The minimum Gasteiger partial charge on any atom is -0.367 e. The van der Waals surface area contributed by atoms with Gasteiger partial charge in [-0.3, -0.25) is 4.40 Å². The zero-order valence-corrected chi connectivity index (χ0v) is 14.0. The fourth-order valence-electron chi connectivity index (χ4n) is 2.59. The van der Waals surface area contributed by atoms with Gasteiger partial charge in [0.2, 0.25) is 5.65 Å². The molecule has 0 radical (unpaired) electrons. The highest BCUT2D eigenvalue weighted by Crippen LogP contribution is 2.39. The Kier molecular flexibility index (Phi) is 4.34. The van der Waals surface area contributed by atoms with Crippen LogP contribution in [0.1, 0.15) is 31.0 Å². The molecule has 2 aromatic heterocycles. The molecule has 1 N–H and O–H groups in total. The van der Waals surface area contributed by atoms with Crippen LogP contribution in [-0.2, 0) is 0 Å². The summed E-state index contributed by atoms with van der Waals surface area (Å²) < 4.78 is 14.9. The molecule has 0 atom stereocenters. The number of anilines is 1. The summed E-state index contributed by atoms with van der Waals surface area (Å²) in [6.07, 6.45) is 7.10. The molecule has 0 amide bonds. The molecule has 0 aliphatic heterocycles. The van der Waals surface area contributed by atoms with Gasteiger partial charge in [0, 0.05) is 29.8 Å². The Morgan fingerprint density at radius 1 is 1.21 bits per heavy atom. The lowest BCUT2D eigenvalue weighted by molar-refractivity contribution is 0.626. The second kappa shape index (κ2) is 6.76. The van der Waals surface area contributed by atoms with Crippen molar-refractivity contribution in [2.75, 3.05) is 17.6 Å². The van der Waals surface area contributed by atoms with Gasteiger partial charge in [0.25, 0.3) is 0 Å². The number of aromatic nitrogens is 4. The van der Waals surface area contributed by atoms with E-state index in [0.717, 1.165) is 40.9 Å². The SMILES string of the molecule is Fc1ccc(SCCCNc2nccn3c(C4CC4)nnc23)cc1. The standard InChI is InChI=1S/C17H18FN5S/c18-13-4-6-14(7-5-13)24-11-1-8-19-15-17-22-21-16(12-2-3-12)23(17)10-9-20-15/h4-7,9-10,12H,1-3,8,11H2,(H,19,20). The molecule has 5 nitrogen and oxygen atoms in total. The molecule has 2 heterocycles. The van der Waals surface area contributed by atoms with Gasteiger partial charge >= 0.3 is 0 Å². The normalized spacial score (nSPS) is 14.2. The van der Waals surface area contributed by atoms with Gasteiger partial charge in [-0.05, 0) is 49.3 Å². The molecular weight excluding hydrogens is 325 g/mol. The van der Waals surface area contributed by atoms with Gasteiger partial charge in [-0.15, -0.1) is 22.0 Å². The van der Waals surface area contributed by atoms with Crippen LogP contribution < -0.4 is 5.32 Å². The number of halogens is 1. The Balaban J connectivity index is 1.31. The van der Waals surface area contributed by atoms with E-state index in [2.05, 4.69) is 20.5 Å². The Morgan fingerprint density at radius 3 is 2.83 bits per heavy atom. The first-order valence-corrected chi connectivity index (χ1v) is 9.12. The van der Waals surface area contributed by atoms with Crippen LogP contribution >= 0.6 is 11.8 Å². The van der Waals surface area contributed by atoms with Crippen molar-refractivity contribution in [3.63, 3.8) is 0 Å². The summed E-state index contributed by atoms with van der Waals surface area (Å²) in [7, 11) is 0. The molecule has 1 fully saturated rings. The molecule has 1 aliphatic rings. The van der Waals surface area contributed by atoms with Gasteiger partial charge in [-0.1, -0.05) is 0 Å². The lowest BCUT2D eigenvalue weighted by Gasteiger charge is -2.07. The summed E-state index contributed by atoms with van der Waals surface area (Å²) in [4.78, 5) is 5.47. The van der Waals surface area contributed by atoms with Gasteiger partial charge < -0.3 is 5.32 Å². The third-order valence-electron chi connectivity index (χ3n) is 3.99. The first-order chi connectivity index (χ1) is 11.8. The molecule has 4 rings (SSSR count). The number of benzene rings is 1. The van der Waals surface area contributed by atoms with Crippen molar-refractivity contribution in [2.45, 2.75) is 30.1 Å². The summed E-state index contributed by atoms with van der Waals surface area (Å²) in [5.74, 6) is 3.15. The van der Waals surface area contributed by atoms with Crippen LogP contribution in [0.2, 0.25) is 0 Å². The van der Waals surface area contributed by atoms with Crippen molar-refractivity contribution >= 4 is 23.2 Å². The molecule has 0 saturated heterocycles. The van der Waals surface area contributed by atoms with E-state index in [-0.39, 0.29) is 5.82 Å². The first-order valence-electron chi connectivity index (χ1n) is 8.13. The number of fused-ring (bicyclic) bond motifs is 1. The summed E-state index contributed by atoms with van der Waals surface area (Å²) >= 11 is 1.72. The van der Waals surface area contributed by atoms with Crippen LogP contribution in [0, 0.1) is 5.82 Å². The maximum atomic E-state index is 12.9. The van der Waals surface area contributed by atoms with Crippen molar-refractivity contribution < 1.29 is 4.39 Å². The molecule has 24 heavy (non-hydrogen) atoms. The van der Waals surface area contributed by atoms with E-state index < -0.39 is 0 Å². The molecule has 0 spiro atoms. The molecule has 1 aliphatic carbocycles. The maximum absolute atomic E-state index is 12.9. The van der Waals surface area contributed by atoms with Crippen molar-refractivity contribution in [3.8, 4) is 0 Å². The van der Waals surface area contributed by atoms with Crippen LogP contribution in [0.3, 0.4) is 0 Å². The summed E-state index contributed by atoms with van der Waals surface area (Å²) in [5, 5.41) is 11.9. The average Bonchev–Trinajstić information content (AvgIpc) is 3.35. The van der Waals surface area contributed by atoms with Crippen molar-refractivity contribution in [2.24, 2.45) is 0 Å². The molecule has 0 bridgehead atoms. The third-order valence-corrected chi connectivity index (χ3v) is 5.09. The van der Waals surface area contributed by atoms with Crippen LogP contribution in [0.15, 0.2) is 41.6 Å². The highest BCUT2D eigenvalue weighted by molar-refractivity contribution is 7.99. The van der Waals surface area contributed by atoms with Gasteiger partial charge in [-0.25, -0.2) is 9.37 Å². The number of hydrogen-bond donors (Lipinski definition) is 1. The molecule has 0 unspecified atom stereocenters. The monoisotopic (exact) mass is 343 g/mol. The first kappa shape index (κ1) is 15.4. The van der Waals surface area contributed by atoms with Crippen LogP contribution in [0.5, 0.6) is 0 Å². The van der Waals surface area contributed by atoms with Crippen LogP contribution in [-0.4, -0.2) is 31.9 Å². The van der Waals surface area contributed by atoms with Crippen LogP contribution in [0.4, 0.5) is 10.2 Å². The van der Waals surface area contributed by atoms with E-state index in [1.165, 1.54) is 25.0 Å². The lowest BCUT2D eigenvalue weighted by Crippen LogP contribution is -2.06. The predicted octanol–water partition coefficient (Wildman–Crippen LogP) is 3.74. The number of rotatable bonds is 7. The number of nitrogens with zero attached hydrogens (tertiary/aromatic N) is 4. The molecule has 1 aromatic carbocycles. The van der Waals surface area contributed by atoms with Crippen LogP contribution in [0.25, 0.3) is 5.65 Å². The highest BCUT2D eigenvalue weighted by Gasteiger charge is 2.29. The topological polar surface area (TPSA) is 55.1 Å². The molecule has 7 heteroatoms. The van der Waals surface area contributed by atoms with Crippen molar-refractivity contribution in [1.82, 2.24) is 19.6 Å². The second-order valence-electron chi connectivity index (χ2n) is 5.88. The Hall–Kier alpha value is -2.15. The van der Waals surface area contributed by atoms with Gasteiger partial charge in [0.15, 0.2) is 5.82 Å². The molecule has 3 aromatic rings. The van der Waals surface area contributed by atoms with Crippen molar-refractivity contribution in [3.05, 3.63) is 48.3 Å². The molecule has 124 valence electrons. The number of hydrogen-bond acceptors (Lipinski definition) is 5.